The molecule has 2 aliphatic rings. The van der Waals surface area contributed by atoms with E-state index in [4.69, 9.17) is 0 Å². The zero-order valence-corrected chi connectivity index (χ0v) is 22.2. The van der Waals surface area contributed by atoms with Crippen molar-refractivity contribution in [3.63, 3.8) is 0 Å². The van der Waals surface area contributed by atoms with Gasteiger partial charge in [0.2, 0.25) is 0 Å². The number of benzene rings is 2. The summed E-state index contributed by atoms with van der Waals surface area (Å²) in [4.78, 5) is 0. The van der Waals surface area contributed by atoms with Crippen molar-refractivity contribution in [2.75, 3.05) is 6.16 Å². The molecule has 0 aliphatic heterocycles. The molecule has 5 heteroatoms. The Kier molecular flexibility index (Phi) is 11.7. The largest absolute Gasteiger partial charge is 0.242 e. The third-order valence-electron chi connectivity index (χ3n) is 4.95. The Morgan fingerprint density at radius 2 is 1.36 bits per heavy atom. The predicted molar refractivity (Wildman–Crippen MR) is 143 cm³/mol. The van der Waals surface area contributed by atoms with Gasteiger partial charge in [-0.3, -0.25) is 0 Å². The summed E-state index contributed by atoms with van der Waals surface area (Å²) in [6, 6.07) is 21.4. The van der Waals surface area contributed by atoms with Crippen LogP contribution in [0.3, 0.4) is 0 Å². The van der Waals surface area contributed by atoms with Gasteiger partial charge in [-0.05, 0) is 51.0 Å². The monoisotopic (exact) mass is 517 g/mol. The summed E-state index contributed by atoms with van der Waals surface area (Å²) in [5.41, 5.74) is 1.20. The van der Waals surface area contributed by atoms with Gasteiger partial charge in [-0.1, -0.05) is 103 Å². The molecule has 0 saturated carbocycles. The molecule has 0 heterocycles. The van der Waals surface area contributed by atoms with Gasteiger partial charge in [-0.25, -0.2) is 8.93 Å². The van der Waals surface area contributed by atoms with Crippen LogP contribution in [0.5, 0.6) is 0 Å². The van der Waals surface area contributed by atoms with Crippen LogP contribution in [0.4, 0.5) is 0 Å². The molecule has 174 valence electrons. The quantitative estimate of drug-likeness (QED) is 0.379. The first kappa shape index (κ1) is 27.7. The van der Waals surface area contributed by atoms with Gasteiger partial charge in [0.25, 0.3) is 0 Å². The Labute approximate surface area is 214 Å². The molecule has 0 unspecified atom stereocenters. The minimum absolute atomic E-state index is 0. The van der Waals surface area contributed by atoms with Gasteiger partial charge in [0.1, 0.15) is 0 Å². The van der Waals surface area contributed by atoms with Crippen LogP contribution in [0.2, 0.25) is 0 Å². The second kappa shape index (κ2) is 14.0. The molecule has 0 fully saturated rings. The Bertz CT molecular complexity index is 944. The van der Waals surface area contributed by atoms with Crippen molar-refractivity contribution in [3.8, 4) is 0 Å². The standard InChI is InChI=1S/C23H27NOPS.C5H5.Fe/c1-23(2,3)27(25)24-22(19-12-10-11-13-19)18-26(20-14-6-4-7-15-20)21-16-8-5-9-17-21;1-2-4-5-3-1;/h4-17,22,24H,18H2,1-3H3;1-5H;/t22-,27-;;/m1../s1. The summed E-state index contributed by atoms with van der Waals surface area (Å²) < 4.78 is 16.0. The van der Waals surface area contributed by atoms with E-state index in [-0.39, 0.29) is 27.9 Å². The number of allylic oxidation sites excluding steroid dienone is 7. The molecule has 2 aromatic rings. The van der Waals surface area contributed by atoms with Crippen LogP contribution in [0.25, 0.3) is 0 Å². The third kappa shape index (κ3) is 8.96. The van der Waals surface area contributed by atoms with Crippen LogP contribution in [-0.2, 0) is 28.1 Å². The van der Waals surface area contributed by atoms with Crippen LogP contribution < -0.4 is 15.3 Å². The SMILES string of the molecule is CC(C)(C)[S@@](=O)N[C@H](CP(c1ccccc1)c1ccccc1)C1=CC=C[CH]1.[CH]1C=CC=C1.[Fe]. The van der Waals surface area contributed by atoms with Crippen molar-refractivity contribution in [2.45, 2.75) is 31.6 Å². The molecule has 0 aromatic heterocycles. The Balaban J connectivity index is 0.000000568. The molecule has 33 heavy (non-hydrogen) atoms. The molecule has 1 N–H and O–H groups in total. The molecule has 2 radical (unpaired) electrons. The molecule has 2 atom stereocenters. The maximum atomic E-state index is 12.8. The van der Waals surface area contributed by atoms with Crippen molar-refractivity contribution in [1.29, 1.82) is 0 Å². The van der Waals surface area contributed by atoms with Gasteiger partial charge in [0.15, 0.2) is 0 Å². The van der Waals surface area contributed by atoms with E-state index < -0.39 is 18.9 Å². The van der Waals surface area contributed by atoms with E-state index in [1.807, 2.05) is 51.5 Å². The summed E-state index contributed by atoms with van der Waals surface area (Å²) in [6.07, 6.45) is 19.3. The summed E-state index contributed by atoms with van der Waals surface area (Å²) in [5, 5.41) is 2.69. The normalized spacial score (nSPS) is 16.1. The summed E-state index contributed by atoms with van der Waals surface area (Å²) >= 11 is 0. The van der Waals surface area contributed by atoms with Crippen molar-refractivity contribution < 1.29 is 21.3 Å². The van der Waals surface area contributed by atoms with Crippen molar-refractivity contribution in [2.24, 2.45) is 0 Å². The van der Waals surface area contributed by atoms with Crippen LogP contribution in [0, 0.1) is 12.8 Å². The van der Waals surface area contributed by atoms with E-state index in [9.17, 15) is 4.21 Å². The molecular formula is C28H32FeNOPS. The minimum atomic E-state index is -1.12. The van der Waals surface area contributed by atoms with E-state index in [1.165, 1.54) is 16.2 Å². The molecule has 0 saturated heterocycles. The topological polar surface area (TPSA) is 29.1 Å². The van der Waals surface area contributed by atoms with E-state index in [2.05, 4.69) is 90.0 Å². The zero-order valence-electron chi connectivity index (χ0n) is 19.4. The van der Waals surface area contributed by atoms with Gasteiger partial charge in [-0.2, -0.15) is 0 Å². The van der Waals surface area contributed by atoms with Gasteiger partial charge in [0.05, 0.1) is 15.7 Å². The van der Waals surface area contributed by atoms with E-state index in [0.29, 0.717) is 0 Å². The minimum Gasteiger partial charge on any atom is -0.242 e. The van der Waals surface area contributed by atoms with Crippen molar-refractivity contribution in [3.05, 3.63) is 122 Å². The molecule has 4 rings (SSSR count). The summed E-state index contributed by atoms with van der Waals surface area (Å²) in [7, 11) is -1.68. The molecule has 0 spiro atoms. The van der Waals surface area contributed by atoms with Crippen LogP contribution >= 0.6 is 7.92 Å². The fourth-order valence-corrected chi connectivity index (χ4v) is 6.62. The average molecular weight is 517 g/mol. The molecular weight excluding hydrogens is 485 g/mol. The maximum Gasteiger partial charge on any atom is 0.0975 e. The van der Waals surface area contributed by atoms with Crippen LogP contribution in [-0.4, -0.2) is 21.2 Å². The van der Waals surface area contributed by atoms with Crippen LogP contribution in [0.15, 0.2) is 109 Å². The van der Waals surface area contributed by atoms with Gasteiger partial charge >= 0.3 is 0 Å². The summed E-state index contributed by atoms with van der Waals surface area (Å²) in [6.45, 7) is 6.03. The average Bonchev–Trinajstić information content (AvgIpc) is 3.54. The fraction of sp³-hybridized carbons (Fsp3) is 0.214. The van der Waals surface area contributed by atoms with E-state index in [1.54, 1.807) is 0 Å². The maximum absolute atomic E-state index is 12.8. The molecule has 0 amide bonds. The van der Waals surface area contributed by atoms with Crippen LogP contribution in [0.1, 0.15) is 20.8 Å². The zero-order chi connectivity index (χ0) is 22.8. The van der Waals surface area contributed by atoms with Gasteiger partial charge < -0.3 is 0 Å². The fourth-order valence-electron chi connectivity index (χ4n) is 3.22. The molecule has 2 nitrogen and oxygen atoms in total. The number of hydrogen-bond acceptors (Lipinski definition) is 1. The molecule has 2 aliphatic carbocycles. The van der Waals surface area contributed by atoms with Crippen molar-refractivity contribution >= 4 is 29.5 Å². The Hall–Kier alpha value is -1.54. The second-order valence-corrected chi connectivity index (χ2v) is 12.8. The van der Waals surface area contributed by atoms with Gasteiger partial charge in [0, 0.05) is 36.0 Å². The smallest absolute Gasteiger partial charge is 0.0975 e. The molecule has 0 bridgehead atoms. The van der Waals surface area contributed by atoms with Crippen molar-refractivity contribution in [1.82, 2.24) is 4.72 Å². The number of nitrogens with one attached hydrogen (secondary N) is 1. The first-order valence-corrected chi connectivity index (χ1v) is 13.6. The Morgan fingerprint density at radius 3 is 1.76 bits per heavy atom. The Morgan fingerprint density at radius 1 is 0.818 bits per heavy atom. The van der Waals surface area contributed by atoms with E-state index in [0.717, 1.165) is 6.16 Å². The number of hydrogen-bond donors (Lipinski definition) is 1. The first-order chi connectivity index (χ1) is 15.4. The third-order valence-corrected chi connectivity index (χ3v) is 9.14. The molecule has 2 aromatic carbocycles. The number of rotatable bonds is 7. The van der Waals surface area contributed by atoms with E-state index >= 15 is 0 Å². The van der Waals surface area contributed by atoms with Gasteiger partial charge in [-0.15, -0.1) is 0 Å². The first-order valence-electron chi connectivity index (χ1n) is 10.9. The second-order valence-electron chi connectivity index (χ2n) is 8.51. The predicted octanol–water partition coefficient (Wildman–Crippen LogP) is 5.55. The summed E-state index contributed by atoms with van der Waals surface area (Å²) in [5.74, 6) is 0.